The van der Waals surface area contributed by atoms with Gasteiger partial charge in [-0.05, 0) is 77.9 Å². The van der Waals surface area contributed by atoms with Gasteiger partial charge in [0.1, 0.15) is 16.4 Å². The van der Waals surface area contributed by atoms with E-state index in [2.05, 4.69) is 0 Å². The first-order valence-corrected chi connectivity index (χ1v) is 12.6. The summed E-state index contributed by atoms with van der Waals surface area (Å²) in [6.45, 7) is 0. The zero-order valence-electron chi connectivity index (χ0n) is 15.7. The molecule has 0 heterocycles. The van der Waals surface area contributed by atoms with Crippen LogP contribution in [0.2, 0.25) is 0 Å². The summed E-state index contributed by atoms with van der Waals surface area (Å²) < 4.78 is 116. The molecule has 3 rings (SSSR count). The normalized spacial score (nSPS) is 22.4. The van der Waals surface area contributed by atoms with E-state index >= 15 is 0 Å². The number of benzene rings is 2. The highest BCUT2D eigenvalue weighted by Crippen LogP contribution is 2.54. The molecule has 170 valence electrons. The number of nitrogens with zero attached hydrogens (tertiary/aromatic N) is 1. The Kier molecular flexibility index (Phi) is 6.21. The highest BCUT2D eigenvalue weighted by Gasteiger charge is 2.61. The van der Waals surface area contributed by atoms with E-state index in [1.54, 1.807) is 0 Å². The fraction of sp³-hybridized carbons (Fsp3) is 0.333. The quantitative estimate of drug-likeness (QED) is 0.385. The molecule has 2 aromatic rings. The van der Waals surface area contributed by atoms with Crippen molar-refractivity contribution in [3.05, 3.63) is 63.2 Å². The molecule has 1 saturated carbocycles. The van der Waals surface area contributed by atoms with E-state index in [0.29, 0.717) is 16.7 Å². The van der Waals surface area contributed by atoms with Crippen LogP contribution in [0.1, 0.15) is 18.4 Å². The number of sulfonamides is 1. The summed E-state index contributed by atoms with van der Waals surface area (Å²) in [5, 5.41) is 0. The average molecular weight is 595 g/mol. The van der Waals surface area contributed by atoms with Crippen molar-refractivity contribution in [3.8, 4) is 0 Å². The molecule has 0 unspecified atom stereocenters. The Hall–Kier alpha value is -1.32. The predicted octanol–water partition coefficient (Wildman–Crippen LogP) is 4.18. The van der Waals surface area contributed by atoms with Gasteiger partial charge in [-0.15, -0.1) is 0 Å². The van der Waals surface area contributed by atoms with Crippen LogP contribution in [0.25, 0.3) is 0 Å². The average Bonchev–Trinajstić information content (AvgIpc) is 2.62. The Balaban J connectivity index is 2.12. The summed E-state index contributed by atoms with van der Waals surface area (Å²) in [6, 6.07) is 6.24. The first kappa shape index (κ1) is 24.3. The van der Waals surface area contributed by atoms with Crippen molar-refractivity contribution < 1.29 is 38.8 Å². The molecule has 1 fully saturated rings. The second-order valence-electron chi connectivity index (χ2n) is 7.10. The molecule has 0 saturated heterocycles. The van der Waals surface area contributed by atoms with Gasteiger partial charge in [0.25, 0.3) is 0 Å². The summed E-state index contributed by atoms with van der Waals surface area (Å²) in [5.74, 6) is -2.00. The van der Waals surface area contributed by atoms with Gasteiger partial charge in [0.15, 0.2) is 9.84 Å². The maximum absolute atomic E-state index is 14.6. The number of hydrogen-bond donors (Lipinski definition) is 0. The van der Waals surface area contributed by atoms with Crippen molar-refractivity contribution in [2.24, 2.45) is 0 Å². The largest absolute Gasteiger partial charge is 0.511 e. The Morgan fingerprint density at radius 3 is 2.06 bits per heavy atom. The first-order valence-electron chi connectivity index (χ1n) is 8.63. The second-order valence-corrected chi connectivity index (χ2v) is 12.6. The first-order chi connectivity index (χ1) is 14.1. The third-order valence-electron chi connectivity index (χ3n) is 5.37. The molecule has 13 heteroatoms. The van der Waals surface area contributed by atoms with Crippen LogP contribution >= 0.6 is 22.6 Å². The minimum Gasteiger partial charge on any atom is -0.223 e. The van der Waals surface area contributed by atoms with Gasteiger partial charge in [-0.25, -0.2) is 25.6 Å². The van der Waals surface area contributed by atoms with E-state index in [4.69, 9.17) is 0 Å². The molecule has 0 N–H and O–H groups in total. The Bertz CT molecular complexity index is 1210. The highest BCUT2D eigenvalue weighted by atomic mass is 127. The lowest BCUT2D eigenvalue weighted by Gasteiger charge is -2.49. The zero-order chi connectivity index (χ0) is 23.4. The zero-order valence-corrected chi connectivity index (χ0v) is 19.5. The lowest BCUT2D eigenvalue weighted by molar-refractivity contribution is -0.0507. The van der Waals surface area contributed by atoms with Crippen LogP contribution in [0.4, 0.5) is 22.0 Å². The van der Waals surface area contributed by atoms with E-state index in [1.165, 1.54) is 24.3 Å². The van der Waals surface area contributed by atoms with Gasteiger partial charge in [-0.1, -0.05) is 0 Å². The van der Waals surface area contributed by atoms with Gasteiger partial charge in [-0.3, -0.25) is 0 Å². The summed E-state index contributed by atoms with van der Waals surface area (Å²) in [5.41, 5.74) is -6.14. The number of halogens is 6. The summed E-state index contributed by atoms with van der Waals surface area (Å²) in [7, 11) is -9.49. The van der Waals surface area contributed by atoms with Crippen molar-refractivity contribution in [2.75, 3.05) is 7.05 Å². The number of sulfone groups is 1. The smallest absolute Gasteiger partial charge is 0.223 e. The van der Waals surface area contributed by atoms with Gasteiger partial charge < -0.3 is 0 Å². The van der Waals surface area contributed by atoms with Gasteiger partial charge in [0, 0.05) is 22.2 Å². The minimum absolute atomic E-state index is 0.0336. The predicted molar refractivity (Wildman–Crippen MR) is 110 cm³/mol. The van der Waals surface area contributed by atoms with Crippen molar-refractivity contribution in [3.63, 3.8) is 0 Å². The standard InChI is InChI=1S/C18H15F5INO4S2/c1-25(31(28,29)18(21,22)23)13-9-17(10-13,15-8-11(19)2-7-16(15)20)30(26,27)14-5-3-12(24)4-6-14/h2-8,13H,9-10H2,1H3. The van der Waals surface area contributed by atoms with Gasteiger partial charge >= 0.3 is 15.5 Å². The Morgan fingerprint density at radius 2 is 1.55 bits per heavy atom. The lowest BCUT2D eigenvalue weighted by Crippen LogP contribution is -2.59. The SMILES string of the molecule is CN(C1CC(c2cc(F)ccc2F)(S(=O)(=O)c2ccc(I)cc2)C1)S(=O)(=O)C(F)(F)F. The van der Waals surface area contributed by atoms with E-state index in [0.717, 1.165) is 12.1 Å². The van der Waals surface area contributed by atoms with Crippen LogP contribution in [0.3, 0.4) is 0 Å². The number of rotatable bonds is 5. The maximum atomic E-state index is 14.6. The van der Waals surface area contributed by atoms with Crippen LogP contribution in [-0.2, 0) is 24.6 Å². The Labute approximate surface area is 189 Å². The molecular weight excluding hydrogens is 580 g/mol. The molecule has 1 aliphatic rings. The fourth-order valence-corrected chi connectivity index (χ4v) is 7.03. The maximum Gasteiger partial charge on any atom is 0.511 e. The Morgan fingerprint density at radius 1 is 1.00 bits per heavy atom. The lowest BCUT2D eigenvalue weighted by atomic mass is 9.74. The van der Waals surface area contributed by atoms with Gasteiger partial charge in [0.2, 0.25) is 0 Å². The third kappa shape index (κ3) is 3.97. The summed E-state index contributed by atoms with van der Waals surface area (Å²) in [4.78, 5) is -0.239. The topological polar surface area (TPSA) is 71.5 Å². The van der Waals surface area contributed by atoms with Crippen molar-refractivity contribution in [1.29, 1.82) is 0 Å². The van der Waals surface area contributed by atoms with E-state index < -0.39 is 66.2 Å². The molecule has 0 radical (unpaired) electrons. The second kappa shape index (κ2) is 7.92. The molecule has 5 nitrogen and oxygen atoms in total. The van der Waals surface area contributed by atoms with Crippen molar-refractivity contribution in [1.82, 2.24) is 4.31 Å². The molecule has 0 aliphatic heterocycles. The number of alkyl halides is 3. The molecule has 0 bridgehead atoms. The molecular formula is C18H15F5INO4S2. The molecule has 0 aromatic heterocycles. The number of hydrogen-bond acceptors (Lipinski definition) is 4. The van der Waals surface area contributed by atoms with E-state index in [-0.39, 0.29) is 9.20 Å². The molecule has 2 aromatic carbocycles. The van der Waals surface area contributed by atoms with Crippen LogP contribution in [-0.4, -0.2) is 39.7 Å². The molecule has 0 spiro atoms. The molecule has 0 atom stereocenters. The van der Waals surface area contributed by atoms with Crippen LogP contribution in [0, 0.1) is 15.2 Å². The summed E-state index contributed by atoms with van der Waals surface area (Å²) >= 11 is 1.93. The third-order valence-corrected chi connectivity index (χ3v) is 10.2. The molecule has 0 amide bonds. The fourth-order valence-electron chi connectivity index (χ4n) is 3.59. The van der Waals surface area contributed by atoms with Crippen LogP contribution < -0.4 is 0 Å². The summed E-state index contributed by atoms with van der Waals surface area (Å²) in [6.07, 6.45) is -1.35. The van der Waals surface area contributed by atoms with Gasteiger partial charge in [-0.2, -0.15) is 17.5 Å². The minimum atomic E-state index is -5.73. The molecule has 1 aliphatic carbocycles. The van der Waals surface area contributed by atoms with E-state index in [1.807, 2.05) is 22.6 Å². The van der Waals surface area contributed by atoms with Crippen LogP contribution in [0.15, 0.2) is 47.4 Å². The van der Waals surface area contributed by atoms with E-state index in [9.17, 15) is 38.8 Å². The monoisotopic (exact) mass is 595 g/mol. The van der Waals surface area contributed by atoms with Crippen LogP contribution in [0.5, 0.6) is 0 Å². The molecule has 31 heavy (non-hydrogen) atoms. The van der Waals surface area contributed by atoms with Crippen molar-refractivity contribution >= 4 is 42.5 Å². The van der Waals surface area contributed by atoms with Gasteiger partial charge in [0.05, 0.1) is 4.90 Å². The van der Waals surface area contributed by atoms with Crippen molar-refractivity contribution in [2.45, 2.75) is 34.0 Å². The highest BCUT2D eigenvalue weighted by molar-refractivity contribution is 14.1.